The molecule has 1 aromatic carbocycles. The zero-order valence-corrected chi connectivity index (χ0v) is 17.1. The molecule has 0 saturated heterocycles. The highest BCUT2D eigenvalue weighted by atomic mass is 16.5. The normalized spacial score (nSPS) is 21.8. The summed E-state index contributed by atoms with van der Waals surface area (Å²) >= 11 is 0. The van der Waals surface area contributed by atoms with E-state index in [-0.39, 0.29) is 29.4 Å². The van der Waals surface area contributed by atoms with Crippen molar-refractivity contribution in [2.24, 2.45) is 5.92 Å². The first kappa shape index (κ1) is 19.7. The van der Waals surface area contributed by atoms with Crippen LogP contribution in [0, 0.1) is 5.92 Å². The minimum atomic E-state index is -0.295. The van der Waals surface area contributed by atoms with Gasteiger partial charge in [0.2, 0.25) is 5.91 Å². The second-order valence-corrected chi connectivity index (χ2v) is 7.79. The summed E-state index contributed by atoms with van der Waals surface area (Å²) in [6, 6.07) is 3.33. The Morgan fingerprint density at radius 1 is 1.03 bits per heavy atom. The molecule has 0 unspecified atom stereocenters. The van der Waals surface area contributed by atoms with Crippen molar-refractivity contribution in [2.75, 3.05) is 26.8 Å². The van der Waals surface area contributed by atoms with Gasteiger partial charge >= 0.3 is 0 Å². The summed E-state index contributed by atoms with van der Waals surface area (Å²) in [5.74, 6) is 1.50. The standard InChI is InChI=1S/C21H27N3O5/c1-27-14-8-6-13(7-9-14)20(25)23-24-19(12-4-5-12)22-16-11-18(29-3)17(28-2)10-15(16)21(24)26/h10-14H,4-9H2,1-3H3,(H,23,25). The maximum absolute atomic E-state index is 13.3. The van der Waals surface area contributed by atoms with Crippen LogP contribution >= 0.6 is 0 Å². The fourth-order valence-electron chi connectivity index (χ4n) is 4.02. The van der Waals surface area contributed by atoms with Gasteiger partial charge in [0, 0.05) is 25.0 Å². The molecule has 8 heteroatoms. The lowest BCUT2D eigenvalue weighted by Crippen LogP contribution is -2.40. The molecular weight excluding hydrogens is 374 g/mol. The van der Waals surface area contributed by atoms with Crippen LogP contribution in [0.4, 0.5) is 0 Å². The molecule has 0 spiro atoms. The molecule has 2 aromatic rings. The van der Waals surface area contributed by atoms with Crippen LogP contribution in [0.3, 0.4) is 0 Å². The van der Waals surface area contributed by atoms with Crippen molar-refractivity contribution in [1.29, 1.82) is 0 Å². The van der Waals surface area contributed by atoms with E-state index in [9.17, 15) is 9.59 Å². The number of rotatable bonds is 6. The molecule has 8 nitrogen and oxygen atoms in total. The van der Waals surface area contributed by atoms with Crippen molar-refractivity contribution in [3.8, 4) is 11.5 Å². The minimum absolute atomic E-state index is 0.124. The van der Waals surface area contributed by atoms with E-state index < -0.39 is 0 Å². The van der Waals surface area contributed by atoms with Crippen molar-refractivity contribution >= 4 is 16.8 Å². The number of amides is 1. The highest BCUT2D eigenvalue weighted by Gasteiger charge is 2.32. The molecule has 2 aliphatic rings. The number of ether oxygens (including phenoxy) is 3. The molecule has 1 heterocycles. The summed E-state index contributed by atoms with van der Waals surface area (Å²) in [7, 11) is 4.77. The zero-order chi connectivity index (χ0) is 20.5. The van der Waals surface area contributed by atoms with E-state index in [0.29, 0.717) is 28.2 Å². The van der Waals surface area contributed by atoms with Gasteiger partial charge in [0.1, 0.15) is 5.82 Å². The minimum Gasteiger partial charge on any atom is -0.493 e. The molecule has 0 radical (unpaired) electrons. The number of aromatic nitrogens is 2. The number of fused-ring (bicyclic) bond motifs is 1. The van der Waals surface area contributed by atoms with Crippen LogP contribution in [0.15, 0.2) is 16.9 Å². The Kier molecular flexibility index (Phi) is 5.45. The lowest BCUT2D eigenvalue weighted by Gasteiger charge is -2.27. The lowest BCUT2D eigenvalue weighted by molar-refractivity contribution is -0.122. The van der Waals surface area contributed by atoms with Crippen LogP contribution in [0.1, 0.15) is 50.3 Å². The van der Waals surface area contributed by atoms with Crippen molar-refractivity contribution < 1.29 is 19.0 Å². The van der Waals surface area contributed by atoms with Crippen molar-refractivity contribution in [3.05, 3.63) is 28.3 Å². The maximum atomic E-state index is 13.3. The fourth-order valence-corrected chi connectivity index (χ4v) is 4.02. The molecule has 156 valence electrons. The first-order chi connectivity index (χ1) is 14.0. The molecule has 1 N–H and O–H groups in total. The molecule has 1 amide bonds. The first-order valence-corrected chi connectivity index (χ1v) is 10.1. The summed E-state index contributed by atoms with van der Waals surface area (Å²) in [5, 5.41) is 0.385. The Morgan fingerprint density at radius 2 is 1.69 bits per heavy atom. The van der Waals surface area contributed by atoms with Gasteiger partial charge in [0.15, 0.2) is 11.5 Å². The predicted octanol–water partition coefficient (Wildman–Crippen LogP) is 2.57. The van der Waals surface area contributed by atoms with E-state index in [1.165, 1.54) is 11.8 Å². The second kappa shape index (κ2) is 8.02. The van der Waals surface area contributed by atoms with Crippen molar-refractivity contribution in [3.63, 3.8) is 0 Å². The molecule has 0 atom stereocenters. The average Bonchev–Trinajstić information content (AvgIpc) is 3.60. The fraction of sp³-hybridized carbons (Fsp3) is 0.571. The van der Waals surface area contributed by atoms with Gasteiger partial charge in [-0.2, -0.15) is 0 Å². The van der Waals surface area contributed by atoms with Gasteiger partial charge in [0.25, 0.3) is 5.56 Å². The Labute approximate surface area is 169 Å². The van der Waals surface area contributed by atoms with Crippen LogP contribution in [0.2, 0.25) is 0 Å². The SMILES string of the molecule is COc1cc2nc(C3CC3)n(NC(=O)C3CCC(OC)CC3)c(=O)c2cc1OC. The molecule has 2 saturated carbocycles. The molecule has 0 aliphatic heterocycles. The van der Waals surface area contributed by atoms with Crippen LogP contribution in [-0.2, 0) is 9.53 Å². The van der Waals surface area contributed by atoms with Gasteiger partial charge in [-0.05, 0) is 44.6 Å². The second-order valence-electron chi connectivity index (χ2n) is 7.79. The third kappa shape index (κ3) is 3.81. The van der Waals surface area contributed by atoms with Crippen LogP contribution < -0.4 is 20.5 Å². The highest BCUT2D eigenvalue weighted by molar-refractivity contribution is 5.87. The Morgan fingerprint density at radius 3 is 2.28 bits per heavy atom. The van der Waals surface area contributed by atoms with Gasteiger partial charge in [-0.25, -0.2) is 9.66 Å². The Hall–Kier alpha value is -2.61. The maximum Gasteiger partial charge on any atom is 0.280 e. The topological polar surface area (TPSA) is 91.7 Å². The van der Waals surface area contributed by atoms with E-state index in [4.69, 9.17) is 19.2 Å². The van der Waals surface area contributed by atoms with Crippen LogP contribution in [0.5, 0.6) is 11.5 Å². The van der Waals surface area contributed by atoms with E-state index in [2.05, 4.69) is 5.43 Å². The first-order valence-electron chi connectivity index (χ1n) is 10.1. The predicted molar refractivity (Wildman–Crippen MR) is 108 cm³/mol. The third-order valence-corrected chi connectivity index (χ3v) is 5.94. The van der Waals surface area contributed by atoms with Crippen molar-refractivity contribution in [1.82, 2.24) is 9.66 Å². The molecule has 4 rings (SSSR count). The molecule has 0 bridgehead atoms. The number of hydrogen-bond acceptors (Lipinski definition) is 6. The van der Waals surface area contributed by atoms with Crippen LogP contribution in [-0.4, -0.2) is 43.0 Å². The molecule has 29 heavy (non-hydrogen) atoms. The monoisotopic (exact) mass is 401 g/mol. The summed E-state index contributed by atoms with van der Waals surface area (Å²) in [4.78, 5) is 30.8. The summed E-state index contributed by atoms with van der Waals surface area (Å²) in [5.41, 5.74) is 3.10. The number of methoxy groups -OCH3 is 3. The van der Waals surface area contributed by atoms with Gasteiger partial charge in [0.05, 0.1) is 31.2 Å². The Balaban J connectivity index is 1.69. The van der Waals surface area contributed by atoms with Gasteiger partial charge in [-0.1, -0.05) is 0 Å². The Bertz CT molecular complexity index is 974. The number of hydrogen-bond donors (Lipinski definition) is 1. The van der Waals surface area contributed by atoms with E-state index in [0.717, 1.165) is 38.5 Å². The highest BCUT2D eigenvalue weighted by Crippen LogP contribution is 2.39. The molecule has 2 aliphatic carbocycles. The van der Waals surface area contributed by atoms with Crippen LogP contribution in [0.25, 0.3) is 10.9 Å². The molecular formula is C21H27N3O5. The quantitative estimate of drug-likeness (QED) is 0.800. The van der Waals surface area contributed by atoms with E-state index in [1.54, 1.807) is 26.4 Å². The average molecular weight is 401 g/mol. The summed E-state index contributed by atoms with van der Waals surface area (Å²) < 4.78 is 17.4. The van der Waals surface area contributed by atoms with E-state index >= 15 is 0 Å². The largest absolute Gasteiger partial charge is 0.493 e. The molecule has 1 aromatic heterocycles. The van der Waals surface area contributed by atoms with Gasteiger partial charge < -0.3 is 14.2 Å². The molecule has 2 fully saturated rings. The number of carbonyl (C=O) groups excluding carboxylic acids is 1. The lowest BCUT2D eigenvalue weighted by atomic mass is 9.87. The number of carbonyl (C=O) groups is 1. The van der Waals surface area contributed by atoms with Crippen molar-refractivity contribution in [2.45, 2.75) is 50.5 Å². The van der Waals surface area contributed by atoms with Gasteiger partial charge in [-0.15, -0.1) is 0 Å². The summed E-state index contributed by atoms with van der Waals surface area (Å²) in [6.07, 6.45) is 5.35. The van der Waals surface area contributed by atoms with Gasteiger partial charge in [-0.3, -0.25) is 15.0 Å². The smallest absolute Gasteiger partial charge is 0.280 e. The third-order valence-electron chi connectivity index (χ3n) is 5.94. The number of nitrogens with one attached hydrogen (secondary N) is 1. The zero-order valence-electron chi connectivity index (χ0n) is 17.1. The van der Waals surface area contributed by atoms with E-state index in [1.807, 2.05) is 0 Å². The summed E-state index contributed by atoms with van der Waals surface area (Å²) in [6.45, 7) is 0. The number of nitrogens with zero attached hydrogens (tertiary/aromatic N) is 2. The number of benzene rings is 1.